The molecule has 6 heteroatoms. The Balaban J connectivity index is 1.84. The van der Waals surface area contributed by atoms with Crippen LogP contribution >= 0.6 is 0 Å². The fourth-order valence-corrected chi connectivity index (χ4v) is 2.84. The molecule has 0 saturated carbocycles. The number of anilines is 1. The summed E-state index contributed by atoms with van der Waals surface area (Å²) >= 11 is 0. The van der Waals surface area contributed by atoms with Gasteiger partial charge in [-0.05, 0) is 37.3 Å². The molecule has 0 aromatic carbocycles. The predicted molar refractivity (Wildman–Crippen MR) is 94.3 cm³/mol. The largest absolute Gasteiger partial charge is 0.341 e. The lowest BCUT2D eigenvalue weighted by molar-refractivity contribution is -0.136. The molecule has 2 heterocycles. The van der Waals surface area contributed by atoms with Crippen molar-refractivity contribution in [3.05, 3.63) is 23.9 Å². The highest BCUT2D eigenvalue weighted by Crippen LogP contribution is 2.20. The number of nitrogens with one attached hydrogen (secondary N) is 1. The summed E-state index contributed by atoms with van der Waals surface area (Å²) < 4.78 is 0. The van der Waals surface area contributed by atoms with Gasteiger partial charge in [0.1, 0.15) is 5.82 Å². The van der Waals surface area contributed by atoms with Gasteiger partial charge in [-0.1, -0.05) is 26.3 Å². The second kappa shape index (κ2) is 8.24. The maximum atomic E-state index is 12.4. The first-order chi connectivity index (χ1) is 11.4. The van der Waals surface area contributed by atoms with E-state index in [1.54, 1.807) is 17.2 Å². The molecule has 6 nitrogen and oxygen atoms in total. The van der Waals surface area contributed by atoms with E-state index in [1.165, 1.54) is 0 Å². The SMILES string of the molecule is CCC(C)C(N)C(=O)N1CCC(C(=O)Nc2ccc(C)cn2)CC1. The minimum Gasteiger partial charge on any atom is -0.341 e. The summed E-state index contributed by atoms with van der Waals surface area (Å²) in [4.78, 5) is 30.7. The number of piperidine rings is 1. The van der Waals surface area contributed by atoms with Crippen LogP contribution in [0.3, 0.4) is 0 Å². The van der Waals surface area contributed by atoms with Gasteiger partial charge in [0.15, 0.2) is 0 Å². The van der Waals surface area contributed by atoms with Crippen molar-refractivity contribution >= 4 is 17.6 Å². The van der Waals surface area contributed by atoms with E-state index in [0.717, 1.165) is 12.0 Å². The maximum absolute atomic E-state index is 12.4. The zero-order valence-electron chi connectivity index (χ0n) is 14.8. The molecule has 1 aliphatic heterocycles. The Morgan fingerprint density at radius 3 is 2.58 bits per heavy atom. The van der Waals surface area contributed by atoms with Gasteiger partial charge in [0, 0.05) is 25.2 Å². The van der Waals surface area contributed by atoms with Crippen LogP contribution in [0, 0.1) is 18.8 Å². The number of nitrogens with two attached hydrogens (primary N) is 1. The van der Waals surface area contributed by atoms with E-state index in [-0.39, 0.29) is 23.7 Å². The number of aromatic nitrogens is 1. The third-order valence-electron chi connectivity index (χ3n) is 4.88. The number of aryl methyl sites for hydroxylation is 1. The lowest BCUT2D eigenvalue weighted by atomic mass is 9.93. The summed E-state index contributed by atoms with van der Waals surface area (Å²) in [6, 6.07) is 3.27. The highest BCUT2D eigenvalue weighted by Gasteiger charge is 2.31. The van der Waals surface area contributed by atoms with Crippen LogP contribution < -0.4 is 11.1 Å². The molecule has 1 fully saturated rings. The number of carbonyl (C=O) groups excluding carboxylic acids is 2. The van der Waals surface area contributed by atoms with Gasteiger partial charge in [-0.3, -0.25) is 9.59 Å². The molecule has 1 aromatic rings. The number of pyridine rings is 1. The first-order valence-corrected chi connectivity index (χ1v) is 8.70. The van der Waals surface area contributed by atoms with Crippen molar-refractivity contribution in [3.8, 4) is 0 Å². The monoisotopic (exact) mass is 332 g/mol. The van der Waals surface area contributed by atoms with Gasteiger partial charge in [0.25, 0.3) is 0 Å². The number of likely N-dealkylation sites (tertiary alicyclic amines) is 1. The average Bonchev–Trinajstić information content (AvgIpc) is 2.61. The number of hydrogen-bond acceptors (Lipinski definition) is 4. The Bertz CT molecular complexity index is 565. The fraction of sp³-hybridized carbons (Fsp3) is 0.611. The summed E-state index contributed by atoms with van der Waals surface area (Å²) in [5.41, 5.74) is 7.09. The first kappa shape index (κ1) is 18.4. The average molecular weight is 332 g/mol. The van der Waals surface area contributed by atoms with Crippen LogP contribution in [0.4, 0.5) is 5.82 Å². The summed E-state index contributed by atoms with van der Waals surface area (Å²) in [6.07, 6.45) is 3.94. The van der Waals surface area contributed by atoms with Crippen molar-refractivity contribution < 1.29 is 9.59 Å². The molecule has 2 rings (SSSR count). The van der Waals surface area contributed by atoms with Crippen LogP contribution in [0.15, 0.2) is 18.3 Å². The molecule has 1 saturated heterocycles. The molecule has 1 aliphatic rings. The van der Waals surface area contributed by atoms with Crippen molar-refractivity contribution in [3.63, 3.8) is 0 Å². The minimum absolute atomic E-state index is 0.00316. The van der Waals surface area contributed by atoms with Crippen molar-refractivity contribution in [2.75, 3.05) is 18.4 Å². The first-order valence-electron chi connectivity index (χ1n) is 8.70. The van der Waals surface area contributed by atoms with Gasteiger partial charge >= 0.3 is 0 Å². The molecule has 1 aromatic heterocycles. The van der Waals surface area contributed by atoms with Crippen LogP contribution in [0.1, 0.15) is 38.7 Å². The van der Waals surface area contributed by atoms with Gasteiger partial charge in [-0.15, -0.1) is 0 Å². The predicted octanol–water partition coefficient (Wildman–Crippen LogP) is 1.94. The van der Waals surface area contributed by atoms with Crippen LogP contribution in [0.2, 0.25) is 0 Å². The van der Waals surface area contributed by atoms with Crippen molar-refractivity contribution in [1.82, 2.24) is 9.88 Å². The normalized spacial score (nSPS) is 18.1. The molecule has 0 radical (unpaired) electrons. The summed E-state index contributed by atoms with van der Waals surface area (Å²) in [5, 5.41) is 2.85. The van der Waals surface area contributed by atoms with E-state index < -0.39 is 6.04 Å². The molecular formula is C18H28N4O2. The number of carbonyl (C=O) groups is 2. The third-order valence-corrected chi connectivity index (χ3v) is 4.88. The van der Waals surface area contributed by atoms with E-state index in [0.29, 0.717) is 31.7 Å². The Morgan fingerprint density at radius 1 is 1.38 bits per heavy atom. The van der Waals surface area contributed by atoms with E-state index in [4.69, 9.17) is 5.73 Å². The summed E-state index contributed by atoms with van der Waals surface area (Å²) in [7, 11) is 0. The number of amides is 2. The third kappa shape index (κ3) is 4.54. The highest BCUT2D eigenvalue weighted by molar-refractivity contribution is 5.92. The minimum atomic E-state index is -0.447. The second-order valence-corrected chi connectivity index (χ2v) is 6.72. The lowest BCUT2D eigenvalue weighted by Crippen LogP contribution is -2.50. The zero-order chi connectivity index (χ0) is 17.7. The van der Waals surface area contributed by atoms with Gasteiger partial charge in [-0.2, -0.15) is 0 Å². The van der Waals surface area contributed by atoms with E-state index >= 15 is 0 Å². The highest BCUT2D eigenvalue weighted by atomic mass is 16.2. The van der Waals surface area contributed by atoms with Crippen LogP contribution in [0.5, 0.6) is 0 Å². The molecule has 2 unspecified atom stereocenters. The maximum Gasteiger partial charge on any atom is 0.239 e. The lowest BCUT2D eigenvalue weighted by Gasteiger charge is -2.34. The number of hydrogen-bond donors (Lipinski definition) is 2. The molecule has 2 atom stereocenters. The Labute approximate surface area is 143 Å². The fourth-order valence-electron chi connectivity index (χ4n) is 2.84. The Morgan fingerprint density at radius 2 is 2.04 bits per heavy atom. The second-order valence-electron chi connectivity index (χ2n) is 6.72. The summed E-state index contributed by atoms with van der Waals surface area (Å²) in [5.74, 6) is 0.638. The van der Waals surface area contributed by atoms with E-state index in [1.807, 2.05) is 26.8 Å². The van der Waals surface area contributed by atoms with E-state index in [2.05, 4.69) is 10.3 Å². The van der Waals surface area contributed by atoms with Gasteiger partial charge in [0.2, 0.25) is 11.8 Å². The van der Waals surface area contributed by atoms with Crippen LogP contribution in [0.25, 0.3) is 0 Å². The quantitative estimate of drug-likeness (QED) is 0.862. The van der Waals surface area contributed by atoms with Crippen LogP contribution in [-0.4, -0.2) is 40.8 Å². The molecule has 2 amide bonds. The van der Waals surface area contributed by atoms with Crippen LogP contribution in [-0.2, 0) is 9.59 Å². The molecule has 0 bridgehead atoms. The zero-order valence-corrected chi connectivity index (χ0v) is 14.8. The molecular weight excluding hydrogens is 304 g/mol. The number of rotatable bonds is 5. The summed E-state index contributed by atoms with van der Waals surface area (Å²) in [6.45, 7) is 7.16. The van der Waals surface area contributed by atoms with Gasteiger partial charge in [0.05, 0.1) is 6.04 Å². The van der Waals surface area contributed by atoms with Crippen molar-refractivity contribution in [2.45, 2.75) is 46.1 Å². The van der Waals surface area contributed by atoms with E-state index in [9.17, 15) is 9.59 Å². The smallest absolute Gasteiger partial charge is 0.239 e. The Kier molecular flexibility index (Phi) is 6.31. The topological polar surface area (TPSA) is 88.3 Å². The molecule has 3 N–H and O–H groups in total. The standard InChI is InChI=1S/C18H28N4O2/c1-4-13(3)16(19)18(24)22-9-7-14(8-10-22)17(23)21-15-6-5-12(2)11-20-15/h5-6,11,13-14,16H,4,7-10,19H2,1-3H3,(H,20,21,23). The number of nitrogens with zero attached hydrogens (tertiary/aromatic N) is 2. The van der Waals surface area contributed by atoms with Gasteiger partial charge < -0.3 is 16.0 Å². The molecule has 132 valence electrons. The molecule has 0 aliphatic carbocycles. The van der Waals surface area contributed by atoms with Crippen molar-refractivity contribution in [1.29, 1.82) is 0 Å². The van der Waals surface area contributed by atoms with Gasteiger partial charge in [-0.25, -0.2) is 4.98 Å². The Hall–Kier alpha value is -1.95. The molecule has 0 spiro atoms. The van der Waals surface area contributed by atoms with Crippen molar-refractivity contribution in [2.24, 2.45) is 17.6 Å². The molecule has 24 heavy (non-hydrogen) atoms.